The molecule has 0 saturated carbocycles. The molecule has 1 aliphatic rings. The van der Waals surface area contributed by atoms with E-state index in [1.165, 1.54) is 0 Å². The lowest BCUT2D eigenvalue weighted by Crippen LogP contribution is -2.16. The molecule has 0 amide bonds. The third kappa shape index (κ3) is 3.31. The number of esters is 1. The molecule has 6 heteroatoms. The molecule has 0 N–H and O–H groups in total. The zero-order valence-corrected chi connectivity index (χ0v) is 15.1. The van der Waals surface area contributed by atoms with Crippen LogP contribution in [-0.2, 0) is 16.0 Å². The first-order valence-electron chi connectivity index (χ1n) is 7.99. The van der Waals surface area contributed by atoms with E-state index in [9.17, 15) is 4.79 Å². The normalized spacial score (nSPS) is 14.5. The van der Waals surface area contributed by atoms with E-state index in [0.717, 1.165) is 16.7 Å². The van der Waals surface area contributed by atoms with Crippen molar-refractivity contribution in [2.24, 2.45) is 0 Å². The highest BCUT2D eigenvalue weighted by molar-refractivity contribution is 5.92. The van der Waals surface area contributed by atoms with E-state index in [4.69, 9.17) is 23.7 Å². The molecule has 0 aromatic heterocycles. The van der Waals surface area contributed by atoms with Crippen molar-refractivity contribution in [1.29, 1.82) is 0 Å². The van der Waals surface area contributed by atoms with E-state index in [0.29, 0.717) is 28.8 Å². The van der Waals surface area contributed by atoms with Crippen LogP contribution in [0.1, 0.15) is 16.7 Å². The molecule has 3 rings (SSSR count). The summed E-state index contributed by atoms with van der Waals surface area (Å²) in [7, 11) is 6.28. The highest BCUT2D eigenvalue weighted by Gasteiger charge is 2.24. The Labute approximate surface area is 151 Å². The van der Waals surface area contributed by atoms with E-state index in [2.05, 4.69) is 0 Å². The van der Waals surface area contributed by atoms with Gasteiger partial charge in [0.1, 0.15) is 5.76 Å². The van der Waals surface area contributed by atoms with Gasteiger partial charge in [0.25, 0.3) is 0 Å². The molecule has 0 spiro atoms. The topological polar surface area (TPSA) is 63.2 Å². The third-order valence-corrected chi connectivity index (χ3v) is 4.14. The lowest BCUT2D eigenvalue weighted by Gasteiger charge is -2.21. The monoisotopic (exact) mass is 356 g/mol. The van der Waals surface area contributed by atoms with Gasteiger partial charge in [-0.3, -0.25) is 4.79 Å². The summed E-state index contributed by atoms with van der Waals surface area (Å²) >= 11 is 0. The van der Waals surface area contributed by atoms with E-state index >= 15 is 0 Å². The standard InChI is InChI=1S/C20H20O6/c1-22-15-6-5-12(8-17(15)23-2)7-16-14-11-19(25-4)18(24-3)9-13(14)10-20(21)26-16/h5-9,11H,10H2,1-4H3/b16-7-. The van der Waals surface area contributed by atoms with Crippen LogP contribution in [0.4, 0.5) is 0 Å². The first-order valence-corrected chi connectivity index (χ1v) is 7.99. The van der Waals surface area contributed by atoms with Crippen LogP contribution in [0.25, 0.3) is 11.8 Å². The summed E-state index contributed by atoms with van der Waals surface area (Å²) in [6.07, 6.45) is 1.96. The van der Waals surface area contributed by atoms with Gasteiger partial charge in [0, 0.05) is 5.56 Å². The number of fused-ring (bicyclic) bond motifs is 1. The maximum absolute atomic E-state index is 12.0. The summed E-state index contributed by atoms with van der Waals surface area (Å²) < 4.78 is 26.7. The summed E-state index contributed by atoms with van der Waals surface area (Å²) in [5, 5.41) is 0. The largest absolute Gasteiger partial charge is 0.493 e. The summed E-state index contributed by atoms with van der Waals surface area (Å²) in [5.41, 5.74) is 2.43. The Kier molecular flexibility index (Phi) is 5.02. The molecule has 0 fully saturated rings. The second-order valence-electron chi connectivity index (χ2n) is 5.64. The van der Waals surface area contributed by atoms with Crippen molar-refractivity contribution in [3.05, 3.63) is 47.0 Å². The predicted octanol–water partition coefficient (Wildman–Crippen LogP) is 3.32. The predicted molar refractivity (Wildman–Crippen MR) is 96.8 cm³/mol. The van der Waals surface area contributed by atoms with Gasteiger partial charge >= 0.3 is 5.97 Å². The first-order chi connectivity index (χ1) is 12.6. The number of cyclic esters (lactones) is 1. The number of carbonyl (C=O) groups excluding carboxylic acids is 1. The Morgan fingerprint density at radius 2 is 1.46 bits per heavy atom. The molecule has 0 saturated heterocycles. The molecule has 0 bridgehead atoms. The van der Waals surface area contributed by atoms with Gasteiger partial charge in [-0.15, -0.1) is 0 Å². The van der Waals surface area contributed by atoms with Gasteiger partial charge in [-0.2, -0.15) is 0 Å². The number of hydrogen-bond acceptors (Lipinski definition) is 6. The molecule has 26 heavy (non-hydrogen) atoms. The molecule has 0 atom stereocenters. The van der Waals surface area contributed by atoms with Gasteiger partial charge in [0.05, 0.1) is 34.9 Å². The summed E-state index contributed by atoms with van der Waals surface area (Å²) in [4.78, 5) is 12.0. The Balaban J connectivity index is 2.09. The lowest BCUT2D eigenvalue weighted by molar-refractivity contribution is -0.136. The molecular weight excluding hydrogens is 336 g/mol. The first kappa shape index (κ1) is 17.7. The van der Waals surface area contributed by atoms with Crippen LogP contribution in [0.3, 0.4) is 0 Å². The Hall–Kier alpha value is -3.15. The van der Waals surface area contributed by atoms with E-state index < -0.39 is 0 Å². The van der Waals surface area contributed by atoms with Crippen molar-refractivity contribution in [3.8, 4) is 23.0 Å². The van der Waals surface area contributed by atoms with Crippen LogP contribution >= 0.6 is 0 Å². The number of hydrogen-bond donors (Lipinski definition) is 0. The Bertz CT molecular complexity index is 869. The van der Waals surface area contributed by atoms with E-state index in [1.54, 1.807) is 46.6 Å². The van der Waals surface area contributed by atoms with Gasteiger partial charge in [-0.25, -0.2) is 0 Å². The fourth-order valence-electron chi connectivity index (χ4n) is 2.87. The van der Waals surface area contributed by atoms with Gasteiger partial charge in [0.2, 0.25) is 0 Å². The molecule has 6 nitrogen and oxygen atoms in total. The Morgan fingerprint density at radius 1 is 0.846 bits per heavy atom. The fraction of sp³-hybridized carbons (Fsp3) is 0.250. The van der Waals surface area contributed by atoms with Crippen molar-refractivity contribution in [2.75, 3.05) is 28.4 Å². The quantitative estimate of drug-likeness (QED) is 0.766. The van der Waals surface area contributed by atoms with Crippen LogP contribution in [-0.4, -0.2) is 34.4 Å². The second-order valence-corrected chi connectivity index (χ2v) is 5.64. The van der Waals surface area contributed by atoms with E-state index in [-0.39, 0.29) is 12.4 Å². The smallest absolute Gasteiger partial charge is 0.315 e. The molecule has 136 valence electrons. The summed E-state index contributed by atoms with van der Waals surface area (Å²) in [6, 6.07) is 9.08. The van der Waals surface area contributed by atoms with Crippen LogP contribution in [0.15, 0.2) is 30.3 Å². The molecule has 1 aliphatic heterocycles. The van der Waals surface area contributed by atoms with Crippen molar-refractivity contribution >= 4 is 17.8 Å². The third-order valence-electron chi connectivity index (χ3n) is 4.14. The average Bonchev–Trinajstić information content (AvgIpc) is 2.66. The minimum Gasteiger partial charge on any atom is -0.493 e. The van der Waals surface area contributed by atoms with Crippen LogP contribution in [0.5, 0.6) is 23.0 Å². The van der Waals surface area contributed by atoms with Crippen LogP contribution in [0, 0.1) is 0 Å². The van der Waals surface area contributed by atoms with Crippen molar-refractivity contribution in [1.82, 2.24) is 0 Å². The number of carbonyl (C=O) groups is 1. The fourth-order valence-corrected chi connectivity index (χ4v) is 2.87. The van der Waals surface area contributed by atoms with Crippen molar-refractivity contribution < 1.29 is 28.5 Å². The molecule has 2 aromatic rings. The van der Waals surface area contributed by atoms with Gasteiger partial charge in [-0.05, 0) is 41.5 Å². The molecule has 0 unspecified atom stereocenters. The van der Waals surface area contributed by atoms with Gasteiger partial charge in [0.15, 0.2) is 23.0 Å². The van der Waals surface area contributed by atoms with Gasteiger partial charge < -0.3 is 23.7 Å². The number of rotatable bonds is 5. The highest BCUT2D eigenvalue weighted by atomic mass is 16.5. The minimum absolute atomic E-state index is 0.180. The number of ether oxygens (including phenoxy) is 5. The number of benzene rings is 2. The zero-order chi connectivity index (χ0) is 18.7. The maximum Gasteiger partial charge on any atom is 0.315 e. The lowest BCUT2D eigenvalue weighted by atomic mass is 9.98. The maximum atomic E-state index is 12.0. The Morgan fingerprint density at radius 3 is 2.12 bits per heavy atom. The summed E-state index contributed by atoms with van der Waals surface area (Å²) in [6.45, 7) is 0. The molecule has 1 heterocycles. The zero-order valence-electron chi connectivity index (χ0n) is 15.1. The highest BCUT2D eigenvalue weighted by Crippen LogP contribution is 2.38. The second kappa shape index (κ2) is 7.39. The average molecular weight is 356 g/mol. The molecule has 0 aliphatic carbocycles. The van der Waals surface area contributed by atoms with Crippen molar-refractivity contribution in [2.45, 2.75) is 6.42 Å². The number of methoxy groups -OCH3 is 4. The van der Waals surface area contributed by atoms with Crippen LogP contribution < -0.4 is 18.9 Å². The molecule has 2 aromatic carbocycles. The SMILES string of the molecule is COc1ccc(/C=C2\OC(=O)Cc3cc(OC)c(OC)cc32)cc1OC. The molecule has 0 radical (unpaired) electrons. The molecular formula is C20H20O6. The van der Waals surface area contributed by atoms with Crippen LogP contribution in [0.2, 0.25) is 0 Å². The van der Waals surface area contributed by atoms with Crippen molar-refractivity contribution in [3.63, 3.8) is 0 Å². The minimum atomic E-state index is -0.323. The summed E-state index contributed by atoms with van der Waals surface area (Å²) in [5.74, 6) is 2.49. The van der Waals surface area contributed by atoms with Gasteiger partial charge in [-0.1, -0.05) is 6.07 Å². The van der Waals surface area contributed by atoms with E-state index in [1.807, 2.05) is 18.2 Å².